The Balaban J connectivity index is 1.66. The van der Waals surface area contributed by atoms with E-state index in [1.54, 1.807) is 0 Å². The molecule has 0 aromatic heterocycles. The molecule has 4 nitrogen and oxygen atoms in total. The zero-order valence-corrected chi connectivity index (χ0v) is 19.3. The van der Waals surface area contributed by atoms with Crippen LogP contribution in [0.4, 0.5) is 0 Å². The number of hydrogen-bond acceptors (Lipinski definition) is 4. The average Bonchev–Trinajstić information content (AvgIpc) is 2.98. The van der Waals surface area contributed by atoms with Crippen LogP contribution in [0.15, 0.2) is 42.5 Å². The number of allylic oxidation sites excluding steroid dienone is 1. The molecule has 29 heavy (non-hydrogen) atoms. The number of aliphatic hydroxyl groups excluding tert-OH is 1. The molecule has 0 saturated heterocycles. The first-order valence-electron chi connectivity index (χ1n) is 10.8. The van der Waals surface area contributed by atoms with Crippen LogP contribution in [0.2, 0.25) is 4.82 Å². The molecule has 1 aromatic carbocycles. The monoisotopic (exact) mass is 466 g/mol. The molecule has 0 amide bonds. The van der Waals surface area contributed by atoms with Gasteiger partial charge in [-0.1, -0.05) is 0 Å². The predicted octanol–water partition coefficient (Wildman–Crippen LogP) is 3.85. The topological polar surface area (TPSA) is 63.6 Å². The first-order valence-corrected chi connectivity index (χ1v) is 12.6. The summed E-state index contributed by atoms with van der Waals surface area (Å²) >= 11 is 0.178. The van der Waals surface area contributed by atoms with Crippen molar-refractivity contribution in [1.29, 1.82) is 0 Å². The third-order valence-electron chi connectivity index (χ3n) is 5.43. The number of benzene rings is 1. The summed E-state index contributed by atoms with van der Waals surface area (Å²) < 4.78 is 6.19. The van der Waals surface area contributed by atoms with Crippen LogP contribution in [0.25, 0.3) is 0 Å². The molecule has 1 aliphatic carbocycles. The molecule has 4 atom stereocenters. The van der Waals surface area contributed by atoms with Gasteiger partial charge in [-0.05, 0) is 6.92 Å². The second kappa shape index (κ2) is 13.0. The molecule has 1 N–H and O–H groups in total. The summed E-state index contributed by atoms with van der Waals surface area (Å²) in [4.78, 5) is 24.0. The van der Waals surface area contributed by atoms with Crippen LogP contribution in [0.3, 0.4) is 0 Å². The Morgan fingerprint density at radius 1 is 1.24 bits per heavy atom. The van der Waals surface area contributed by atoms with Crippen molar-refractivity contribution >= 4 is 31.2 Å². The fraction of sp³-hybridized carbons (Fsp3) is 0.583. The van der Waals surface area contributed by atoms with Crippen molar-refractivity contribution in [2.45, 2.75) is 69.7 Å². The van der Waals surface area contributed by atoms with Gasteiger partial charge in [-0.2, -0.15) is 0 Å². The minimum absolute atomic E-state index is 0.0388. The molecule has 1 fully saturated rings. The standard InChI is InChI=1S/C24H34O4Se/c1-3-28-23(26)14-10-5-4-7-11-20(25)16-15-19-17-22(24(27)18(19)2)29-21-12-8-6-9-13-21/h6,8-9,12-13,15-16,18-20,22,25H,3-5,7,10-11,14,17H2,1-2H3/b16-15+/t18-,19+,20?,22?/m1/s1. The van der Waals surface area contributed by atoms with E-state index in [9.17, 15) is 14.7 Å². The second-order valence-corrected chi connectivity index (χ2v) is 10.4. The van der Waals surface area contributed by atoms with E-state index in [0.29, 0.717) is 18.8 Å². The number of ketones is 1. The molecular weight excluding hydrogens is 431 g/mol. The third kappa shape index (κ3) is 8.46. The average molecular weight is 465 g/mol. The predicted molar refractivity (Wildman–Crippen MR) is 117 cm³/mol. The normalized spacial score (nSPS) is 22.9. The molecule has 0 bridgehead atoms. The van der Waals surface area contributed by atoms with E-state index in [0.717, 1.165) is 38.5 Å². The Kier molecular flexibility index (Phi) is 10.7. The summed E-state index contributed by atoms with van der Waals surface area (Å²) in [6.07, 6.45) is 9.35. The summed E-state index contributed by atoms with van der Waals surface area (Å²) in [6.45, 7) is 4.28. The molecule has 2 rings (SSSR count). The summed E-state index contributed by atoms with van der Waals surface area (Å²) in [5.74, 6) is 0.525. The fourth-order valence-corrected chi connectivity index (χ4v) is 6.37. The van der Waals surface area contributed by atoms with Gasteiger partial charge in [0, 0.05) is 0 Å². The van der Waals surface area contributed by atoms with Crippen molar-refractivity contribution in [2.75, 3.05) is 6.61 Å². The summed E-state index contributed by atoms with van der Waals surface area (Å²) in [7, 11) is 0. The van der Waals surface area contributed by atoms with E-state index in [2.05, 4.69) is 18.2 Å². The van der Waals surface area contributed by atoms with Gasteiger partial charge >= 0.3 is 158 Å². The van der Waals surface area contributed by atoms with Crippen molar-refractivity contribution in [3.8, 4) is 0 Å². The van der Waals surface area contributed by atoms with Crippen LogP contribution in [0.5, 0.6) is 0 Å². The van der Waals surface area contributed by atoms with Crippen molar-refractivity contribution < 1.29 is 19.4 Å². The van der Waals surface area contributed by atoms with Crippen LogP contribution in [-0.2, 0) is 14.3 Å². The number of carbonyl (C=O) groups excluding carboxylic acids is 2. The van der Waals surface area contributed by atoms with Gasteiger partial charge in [-0.25, -0.2) is 0 Å². The van der Waals surface area contributed by atoms with Crippen LogP contribution < -0.4 is 4.46 Å². The SMILES string of the molecule is CCOC(=O)CCCCCCC(O)/C=C/[C@H]1CC([Se]c2ccccc2)C(=O)[C@@H]1C. The van der Waals surface area contributed by atoms with Gasteiger partial charge < -0.3 is 4.74 Å². The number of Topliss-reactive ketones (excluding diaryl/α,β-unsaturated/α-hetero) is 1. The zero-order valence-electron chi connectivity index (χ0n) is 17.6. The molecule has 2 unspecified atom stereocenters. The zero-order chi connectivity index (χ0) is 21.1. The van der Waals surface area contributed by atoms with E-state index < -0.39 is 6.10 Å². The van der Waals surface area contributed by atoms with Gasteiger partial charge in [0.2, 0.25) is 0 Å². The minimum atomic E-state index is -0.457. The molecule has 1 saturated carbocycles. The van der Waals surface area contributed by atoms with Crippen molar-refractivity contribution in [2.24, 2.45) is 11.8 Å². The van der Waals surface area contributed by atoms with Gasteiger partial charge in [0.1, 0.15) is 0 Å². The van der Waals surface area contributed by atoms with E-state index in [-0.39, 0.29) is 37.6 Å². The Bertz CT molecular complexity index is 658. The number of aliphatic hydroxyl groups is 1. The Morgan fingerprint density at radius 3 is 2.69 bits per heavy atom. The quantitative estimate of drug-likeness (QED) is 0.221. The van der Waals surface area contributed by atoms with E-state index in [4.69, 9.17) is 4.74 Å². The van der Waals surface area contributed by atoms with Crippen LogP contribution in [0, 0.1) is 11.8 Å². The Morgan fingerprint density at radius 2 is 1.97 bits per heavy atom. The summed E-state index contributed by atoms with van der Waals surface area (Å²) in [5, 5.41) is 10.2. The number of hydrogen-bond donors (Lipinski definition) is 1. The molecular formula is C24H34O4Se. The van der Waals surface area contributed by atoms with E-state index in [1.165, 1.54) is 4.46 Å². The Hall–Kier alpha value is -1.42. The number of unbranched alkanes of at least 4 members (excludes halogenated alkanes) is 3. The van der Waals surface area contributed by atoms with Gasteiger partial charge in [0.15, 0.2) is 0 Å². The van der Waals surface area contributed by atoms with E-state index >= 15 is 0 Å². The van der Waals surface area contributed by atoms with Crippen LogP contribution in [0.1, 0.15) is 58.8 Å². The first kappa shape index (κ1) is 23.9. The van der Waals surface area contributed by atoms with Gasteiger partial charge in [-0.3, -0.25) is 4.79 Å². The fourth-order valence-electron chi connectivity index (χ4n) is 3.66. The number of esters is 1. The van der Waals surface area contributed by atoms with Gasteiger partial charge in [0.05, 0.1) is 6.61 Å². The summed E-state index contributed by atoms with van der Waals surface area (Å²) in [6, 6.07) is 10.3. The van der Waals surface area contributed by atoms with Crippen molar-refractivity contribution in [3.05, 3.63) is 42.5 Å². The molecule has 0 radical (unpaired) electrons. The van der Waals surface area contributed by atoms with Gasteiger partial charge in [-0.15, -0.1) is 0 Å². The molecule has 0 spiro atoms. The third-order valence-corrected chi connectivity index (χ3v) is 8.06. The van der Waals surface area contributed by atoms with Crippen molar-refractivity contribution in [3.63, 3.8) is 0 Å². The molecule has 160 valence electrons. The number of ether oxygens (including phenoxy) is 1. The Labute approximate surface area is 181 Å². The molecule has 0 heterocycles. The van der Waals surface area contributed by atoms with Crippen LogP contribution >= 0.6 is 0 Å². The number of carbonyl (C=O) groups is 2. The van der Waals surface area contributed by atoms with Crippen molar-refractivity contribution in [1.82, 2.24) is 0 Å². The molecule has 5 heteroatoms. The molecule has 1 aromatic rings. The maximum absolute atomic E-state index is 12.6. The van der Waals surface area contributed by atoms with E-state index in [1.807, 2.05) is 38.1 Å². The summed E-state index contributed by atoms with van der Waals surface area (Å²) in [5.41, 5.74) is 0. The first-order chi connectivity index (χ1) is 14.0. The maximum atomic E-state index is 12.6. The van der Waals surface area contributed by atoms with Gasteiger partial charge in [0.25, 0.3) is 0 Å². The molecule has 1 aliphatic rings. The second-order valence-electron chi connectivity index (χ2n) is 7.72. The van der Waals surface area contributed by atoms with Crippen LogP contribution in [-0.4, -0.2) is 44.5 Å². The molecule has 0 aliphatic heterocycles. The number of rotatable bonds is 12.